The Morgan fingerprint density at radius 1 is 1.24 bits per heavy atom. The van der Waals surface area contributed by atoms with Crippen molar-refractivity contribution in [2.75, 3.05) is 26.8 Å². The highest BCUT2D eigenvalue weighted by Gasteiger charge is 2.13. The van der Waals surface area contributed by atoms with E-state index in [1.54, 1.807) is 7.11 Å². The summed E-state index contributed by atoms with van der Waals surface area (Å²) in [6, 6.07) is 0. The fourth-order valence-electron chi connectivity index (χ4n) is 1.06. The molecule has 0 rings (SSSR count). The number of methoxy groups -OCH3 is 1. The number of carbonyl (C=O) groups excluding carboxylic acids is 2. The molecule has 0 saturated carbocycles. The minimum absolute atomic E-state index is 0.00640. The third-order valence-corrected chi connectivity index (χ3v) is 2.07. The average molecular weight is 245 g/mol. The Bertz CT molecular complexity index is 249. The van der Waals surface area contributed by atoms with Crippen LogP contribution in [0.15, 0.2) is 0 Å². The van der Waals surface area contributed by atoms with Crippen LogP contribution in [0.1, 0.15) is 26.7 Å². The second-order valence-electron chi connectivity index (χ2n) is 4.61. The molecule has 0 aliphatic rings. The van der Waals surface area contributed by atoms with E-state index >= 15 is 0 Å². The van der Waals surface area contributed by atoms with Crippen molar-refractivity contribution in [3.8, 4) is 0 Å². The Morgan fingerprint density at radius 3 is 2.41 bits per heavy atom. The van der Waals surface area contributed by atoms with E-state index in [0.29, 0.717) is 26.0 Å². The number of nitrogens with one attached hydrogen (secondary N) is 2. The molecule has 0 heterocycles. The summed E-state index contributed by atoms with van der Waals surface area (Å²) >= 11 is 0. The van der Waals surface area contributed by atoms with E-state index in [2.05, 4.69) is 10.6 Å². The van der Waals surface area contributed by atoms with Crippen molar-refractivity contribution < 1.29 is 14.3 Å². The van der Waals surface area contributed by atoms with Crippen LogP contribution in [0, 0.1) is 0 Å². The van der Waals surface area contributed by atoms with Gasteiger partial charge in [-0.25, -0.2) is 0 Å². The minimum Gasteiger partial charge on any atom is -0.383 e. The molecule has 4 N–H and O–H groups in total. The number of ether oxygens (including phenoxy) is 1. The molecule has 100 valence electrons. The van der Waals surface area contributed by atoms with Gasteiger partial charge in [-0.3, -0.25) is 9.59 Å². The largest absolute Gasteiger partial charge is 0.383 e. The first kappa shape index (κ1) is 15.9. The molecule has 0 radical (unpaired) electrons. The maximum atomic E-state index is 11.4. The number of hydrogen-bond acceptors (Lipinski definition) is 4. The number of amides is 2. The van der Waals surface area contributed by atoms with Crippen LogP contribution >= 0.6 is 0 Å². The lowest BCUT2D eigenvalue weighted by Crippen LogP contribution is -2.39. The average Bonchev–Trinajstić information content (AvgIpc) is 2.23. The van der Waals surface area contributed by atoms with Crippen LogP contribution in [0.25, 0.3) is 0 Å². The first-order valence-electron chi connectivity index (χ1n) is 5.66. The van der Waals surface area contributed by atoms with Gasteiger partial charge in [-0.05, 0) is 20.3 Å². The molecule has 0 bridgehead atoms. The summed E-state index contributed by atoms with van der Waals surface area (Å²) in [7, 11) is 1.56. The third kappa shape index (κ3) is 11.1. The maximum absolute atomic E-state index is 11.4. The zero-order valence-electron chi connectivity index (χ0n) is 10.8. The van der Waals surface area contributed by atoms with E-state index in [-0.39, 0.29) is 23.9 Å². The summed E-state index contributed by atoms with van der Waals surface area (Å²) in [5.74, 6) is -0.382. The lowest BCUT2D eigenvalue weighted by molar-refractivity contribution is -0.126. The van der Waals surface area contributed by atoms with Crippen LogP contribution < -0.4 is 16.4 Å². The molecule has 6 nitrogen and oxygen atoms in total. The minimum atomic E-state index is -0.363. The van der Waals surface area contributed by atoms with E-state index in [9.17, 15) is 9.59 Å². The highest BCUT2D eigenvalue weighted by Crippen LogP contribution is 2.06. The van der Waals surface area contributed by atoms with Gasteiger partial charge in [0.2, 0.25) is 11.8 Å². The summed E-state index contributed by atoms with van der Waals surface area (Å²) in [4.78, 5) is 22.6. The molecule has 0 aliphatic carbocycles. The van der Waals surface area contributed by atoms with Gasteiger partial charge in [0.05, 0.1) is 13.2 Å². The fraction of sp³-hybridized carbons (Fsp3) is 0.818. The molecule has 0 spiro atoms. The Kier molecular flexibility index (Phi) is 7.49. The molecule has 0 saturated heterocycles. The van der Waals surface area contributed by atoms with E-state index < -0.39 is 0 Å². The predicted octanol–water partition coefficient (Wildman–Crippen LogP) is -0.617. The molecule has 6 heteroatoms. The molecule has 0 aromatic rings. The quantitative estimate of drug-likeness (QED) is 0.497. The molecule has 0 atom stereocenters. The summed E-state index contributed by atoms with van der Waals surface area (Å²) in [6.45, 7) is 4.62. The van der Waals surface area contributed by atoms with Gasteiger partial charge in [-0.15, -0.1) is 0 Å². The summed E-state index contributed by atoms with van der Waals surface area (Å²) in [6.07, 6.45) is 0.916. The number of hydrogen-bond donors (Lipinski definition) is 3. The molecule has 0 aliphatic heterocycles. The second kappa shape index (κ2) is 8.03. The molecule has 0 unspecified atom stereocenters. The van der Waals surface area contributed by atoms with Gasteiger partial charge >= 0.3 is 0 Å². The summed E-state index contributed by atoms with van der Waals surface area (Å²) in [5, 5.41) is 5.14. The van der Waals surface area contributed by atoms with Crippen LogP contribution in [-0.2, 0) is 14.3 Å². The van der Waals surface area contributed by atoms with Crippen molar-refractivity contribution in [3.63, 3.8) is 0 Å². The van der Waals surface area contributed by atoms with Crippen LogP contribution in [0.2, 0.25) is 0 Å². The van der Waals surface area contributed by atoms with Gasteiger partial charge in [-0.2, -0.15) is 0 Å². The SMILES string of the molecule is COCCNC(=O)CNC(=O)CCC(C)(C)N. The molecule has 0 fully saturated rings. The van der Waals surface area contributed by atoms with Crippen molar-refractivity contribution in [3.05, 3.63) is 0 Å². The fourth-order valence-corrected chi connectivity index (χ4v) is 1.06. The van der Waals surface area contributed by atoms with Crippen molar-refractivity contribution in [2.24, 2.45) is 5.73 Å². The van der Waals surface area contributed by atoms with Gasteiger partial charge in [0.1, 0.15) is 0 Å². The van der Waals surface area contributed by atoms with E-state index in [1.165, 1.54) is 0 Å². The molecular formula is C11H23N3O3. The standard InChI is InChI=1S/C11H23N3O3/c1-11(2,12)5-4-9(15)14-8-10(16)13-6-7-17-3/h4-8,12H2,1-3H3,(H,13,16)(H,14,15). The molecule has 2 amide bonds. The highest BCUT2D eigenvalue weighted by molar-refractivity contribution is 5.84. The topological polar surface area (TPSA) is 93.5 Å². The Balaban J connectivity index is 3.59. The van der Waals surface area contributed by atoms with Crippen LogP contribution in [0.5, 0.6) is 0 Å². The van der Waals surface area contributed by atoms with E-state index in [1.807, 2.05) is 13.8 Å². The lowest BCUT2D eigenvalue weighted by Gasteiger charge is -2.17. The number of carbonyl (C=O) groups is 2. The first-order valence-corrected chi connectivity index (χ1v) is 5.66. The van der Waals surface area contributed by atoms with Gasteiger partial charge in [0, 0.05) is 25.6 Å². The van der Waals surface area contributed by atoms with E-state index in [0.717, 1.165) is 0 Å². The first-order chi connectivity index (χ1) is 7.85. The zero-order chi connectivity index (χ0) is 13.3. The predicted molar refractivity (Wildman–Crippen MR) is 65.4 cm³/mol. The molecular weight excluding hydrogens is 222 g/mol. The van der Waals surface area contributed by atoms with Crippen molar-refractivity contribution >= 4 is 11.8 Å². The zero-order valence-corrected chi connectivity index (χ0v) is 10.8. The van der Waals surface area contributed by atoms with Crippen LogP contribution in [0.4, 0.5) is 0 Å². The van der Waals surface area contributed by atoms with Crippen molar-refractivity contribution in [1.82, 2.24) is 10.6 Å². The molecule has 0 aromatic heterocycles. The smallest absolute Gasteiger partial charge is 0.239 e. The summed E-state index contributed by atoms with van der Waals surface area (Å²) < 4.78 is 4.78. The van der Waals surface area contributed by atoms with Crippen LogP contribution in [0.3, 0.4) is 0 Å². The number of rotatable bonds is 8. The van der Waals surface area contributed by atoms with E-state index in [4.69, 9.17) is 10.5 Å². The monoisotopic (exact) mass is 245 g/mol. The molecule has 17 heavy (non-hydrogen) atoms. The second-order valence-corrected chi connectivity index (χ2v) is 4.61. The third-order valence-electron chi connectivity index (χ3n) is 2.07. The molecule has 0 aromatic carbocycles. The Labute approximate surface area is 102 Å². The summed E-state index contributed by atoms with van der Waals surface area (Å²) in [5.41, 5.74) is 5.38. The van der Waals surface area contributed by atoms with Crippen molar-refractivity contribution in [2.45, 2.75) is 32.2 Å². The van der Waals surface area contributed by atoms with Gasteiger partial charge in [-0.1, -0.05) is 0 Å². The Hall–Kier alpha value is -1.14. The maximum Gasteiger partial charge on any atom is 0.239 e. The van der Waals surface area contributed by atoms with Crippen molar-refractivity contribution in [1.29, 1.82) is 0 Å². The highest BCUT2D eigenvalue weighted by atomic mass is 16.5. The van der Waals surface area contributed by atoms with Gasteiger partial charge in [0.15, 0.2) is 0 Å². The normalized spacial score (nSPS) is 11.1. The van der Waals surface area contributed by atoms with Gasteiger partial charge < -0.3 is 21.1 Å². The lowest BCUT2D eigenvalue weighted by atomic mass is 10.00. The number of nitrogens with two attached hydrogens (primary N) is 1. The van der Waals surface area contributed by atoms with Crippen LogP contribution in [-0.4, -0.2) is 44.2 Å². The van der Waals surface area contributed by atoms with Gasteiger partial charge in [0.25, 0.3) is 0 Å². The Morgan fingerprint density at radius 2 is 1.88 bits per heavy atom.